The number of alkyl halides is 6. The number of halogens is 6. The maximum atomic E-state index is 10.6. The lowest BCUT2D eigenvalue weighted by Gasteiger charge is -2.12. The third kappa shape index (κ3) is 9.75. The molecule has 4 aromatic rings. The number of aliphatic carboxylic acids is 2. The van der Waals surface area contributed by atoms with Gasteiger partial charge in [0.15, 0.2) is 0 Å². The number of aromatic nitrogens is 2. The molecular weight excluding hydrogens is 586 g/mol. The van der Waals surface area contributed by atoms with E-state index in [-0.39, 0.29) is 0 Å². The van der Waals surface area contributed by atoms with Crippen molar-refractivity contribution < 1.29 is 50.9 Å². The fourth-order valence-corrected chi connectivity index (χ4v) is 3.88. The summed E-state index contributed by atoms with van der Waals surface area (Å²) in [4.78, 5) is 25.1. The Morgan fingerprint density at radius 2 is 1.49 bits per heavy atom. The first-order valence-electron chi connectivity index (χ1n) is 12.2. The second-order valence-corrected chi connectivity index (χ2v) is 9.01. The second-order valence-electron chi connectivity index (χ2n) is 9.01. The van der Waals surface area contributed by atoms with E-state index in [1.54, 1.807) is 6.33 Å². The minimum atomic E-state index is -5.08. The van der Waals surface area contributed by atoms with E-state index in [4.69, 9.17) is 29.8 Å². The van der Waals surface area contributed by atoms with Crippen LogP contribution in [0, 0.1) is 11.3 Å². The summed E-state index contributed by atoms with van der Waals surface area (Å²) in [6, 6.07) is 22.6. The molecular formula is C28H22F6N4O5. The van der Waals surface area contributed by atoms with E-state index in [0.717, 1.165) is 47.5 Å². The summed E-state index contributed by atoms with van der Waals surface area (Å²) in [6.45, 7) is 0.809. The van der Waals surface area contributed by atoms with Crippen LogP contribution in [-0.4, -0.2) is 50.5 Å². The molecule has 0 radical (unpaired) electrons. The topological polar surface area (TPSA) is 148 Å². The summed E-state index contributed by atoms with van der Waals surface area (Å²) >= 11 is 0. The van der Waals surface area contributed by atoms with Gasteiger partial charge in [0.25, 0.3) is 0 Å². The van der Waals surface area contributed by atoms with E-state index in [1.807, 2.05) is 42.5 Å². The van der Waals surface area contributed by atoms with E-state index in [1.165, 1.54) is 16.7 Å². The number of carboxylic acid groups (broad SMARTS) is 2. The molecule has 1 atom stereocenters. The average Bonchev–Trinajstić information content (AvgIpc) is 3.58. The van der Waals surface area contributed by atoms with Crippen molar-refractivity contribution in [1.82, 2.24) is 15.3 Å². The lowest BCUT2D eigenvalue weighted by molar-refractivity contribution is -0.193. The number of imidazole rings is 1. The summed E-state index contributed by atoms with van der Waals surface area (Å²) in [5.41, 5.74) is 6.48. The second kappa shape index (κ2) is 13.7. The van der Waals surface area contributed by atoms with Crippen LogP contribution in [0.5, 0.6) is 11.5 Å². The Labute approximate surface area is 239 Å². The summed E-state index contributed by atoms with van der Waals surface area (Å²) in [6.07, 6.45) is -6.50. The minimum Gasteiger partial charge on any atom is -0.475 e. The SMILES string of the molecule is N#Cc1ccc2c(c1)CC(NCc1ccc(Oc3ccc4[nH]cnc4c3)cc1)C2.O=C(O)C(F)(F)F.O=C(O)C(F)(F)F. The number of nitrogens with one attached hydrogen (secondary N) is 2. The number of carbonyl (C=O) groups is 2. The first-order valence-corrected chi connectivity index (χ1v) is 12.2. The van der Waals surface area contributed by atoms with Crippen LogP contribution in [-0.2, 0) is 29.0 Å². The minimum absolute atomic E-state index is 0.412. The molecule has 1 aliphatic carbocycles. The average molecular weight is 608 g/mol. The van der Waals surface area contributed by atoms with Crippen LogP contribution >= 0.6 is 0 Å². The van der Waals surface area contributed by atoms with Gasteiger partial charge in [0, 0.05) is 18.7 Å². The highest BCUT2D eigenvalue weighted by molar-refractivity contribution is 5.76. The molecule has 9 nitrogen and oxygen atoms in total. The Kier molecular flexibility index (Phi) is 10.3. The Balaban J connectivity index is 0.000000303. The quantitative estimate of drug-likeness (QED) is 0.209. The summed E-state index contributed by atoms with van der Waals surface area (Å²) in [7, 11) is 0. The van der Waals surface area contributed by atoms with Crippen molar-refractivity contribution in [3.63, 3.8) is 0 Å². The number of H-pyrrole nitrogens is 1. The number of aromatic amines is 1. The number of hydrogen-bond donors (Lipinski definition) is 4. The van der Waals surface area contributed by atoms with Gasteiger partial charge in [-0.05, 0) is 65.9 Å². The van der Waals surface area contributed by atoms with Crippen LogP contribution < -0.4 is 10.1 Å². The van der Waals surface area contributed by atoms with Crippen LogP contribution in [0.15, 0.2) is 67.0 Å². The molecule has 0 amide bonds. The highest BCUT2D eigenvalue weighted by Gasteiger charge is 2.38. The van der Waals surface area contributed by atoms with Crippen molar-refractivity contribution in [3.8, 4) is 17.6 Å². The monoisotopic (exact) mass is 608 g/mol. The molecule has 4 N–H and O–H groups in total. The maximum Gasteiger partial charge on any atom is 0.490 e. The molecule has 3 aromatic carbocycles. The predicted octanol–water partition coefficient (Wildman–Crippen LogP) is 5.75. The van der Waals surface area contributed by atoms with E-state index in [9.17, 15) is 26.3 Å². The van der Waals surface area contributed by atoms with Gasteiger partial charge in [-0.1, -0.05) is 18.2 Å². The third-order valence-electron chi connectivity index (χ3n) is 5.90. The number of ether oxygens (including phenoxy) is 1. The fraction of sp³-hybridized carbons (Fsp3) is 0.214. The number of carboxylic acids is 2. The van der Waals surface area contributed by atoms with Gasteiger partial charge >= 0.3 is 24.3 Å². The van der Waals surface area contributed by atoms with Crippen LogP contribution in [0.2, 0.25) is 0 Å². The van der Waals surface area contributed by atoms with Gasteiger partial charge in [-0.2, -0.15) is 31.6 Å². The molecule has 0 spiro atoms. The van der Waals surface area contributed by atoms with Gasteiger partial charge in [-0.3, -0.25) is 0 Å². The highest BCUT2D eigenvalue weighted by Crippen LogP contribution is 2.26. The molecule has 0 bridgehead atoms. The van der Waals surface area contributed by atoms with E-state index in [2.05, 4.69) is 39.6 Å². The van der Waals surface area contributed by atoms with Gasteiger partial charge in [-0.15, -0.1) is 0 Å². The van der Waals surface area contributed by atoms with Gasteiger partial charge in [-0.25, -0.2) is 14.6 Å². The number of rotatable bonds is 5. The molecule has 5 rings (SSSR count). The van der Waals surface area contributed by atoms with Crippen LogP contribution in [0.25, 0.3) is 11.0 Å². The zero-order valence-electron chi connectivity index (χ0n) is 21.8. The number of fused-ring (bicyclic) bond motifs is 2. The van der Waals surface area contributed by atoms with Crippen molar-refractivity contribution in [2.75, 3.05) is 0 Å². The zero-order valence-corrected chi connectivity index (χ0v) is 21.8. The van der Waals surface area contributed by atoms with Crippen molar-refractivity contribution >= 4 is 23.0 Å². The normalized spacial score (nSPS) is 13.9. The molecule has 226 valence electrons. The summed E-state index contributed by atoms with van der Waals surface area (Å²) in [5, 5.41) is 26.9. The summed E-state index contributed by atoms with van der Waals surface area (Å²) < 4.78 is 69.4. The van der Waals surface area contributed by atoms with Gasteiger partial charge in [0.05, 0.1) is 29.0 Å². The largest absolute Gasteiger partial charge is 0.490 e. The molecule has 15 heteroatoms. The molecule has 43 heavy (non-hydrogen) atoms. The first kappa shape index (κ1) is 32.4. The van der Waals surface area contributed by atoms with Crippen molar-refractivity contribution in [3.05, 3.63) is 89.2 Å². The van der Waals surface area contributed by atoms with E-state index in [0.29, 0.717) is 6.04 Å². The lowest BCUT2D eigenvalue weighted by Crippen LogP contribution is -2.28. The van der Waals surface area contributed by atoms with Crippen LogP contribution in [0.1, 0.15) is 22.3 Å². The molecule has 0 saturated heterocycles. The molecule has 0 fully saturated rings. The predicted molar refractivity (Wildman–Crippen MR) is 139 cm³/mol. The van der Waals surface area contributed by atoms with Gasteiger partial charge in [0.1, 0.15) is 11.5 Å². The molecule has 0 aliphatic heterocycles. The molecule has 0 saturated carbocycles. The van der Waals surface area contributed by atoms with Crippen LogP contribution in [0.4, 0.5) is 26.3 Å². The molecule has 1 heterocycles. The van der Waals surface area contributed by atoms with Gasteiger partial charge < -0.3 is 25.3 Å². The third-order valence-corrected chi connectivity index (χ3v) is 5.90. The van der Waals surface area contributed by atoms with Crippen LogP contribution in [0.3, 0.4) is 0 Å². The molecule has 1 aliphatic rings. The Morgan fingerprint density at radius 3 is 2.07 bits per heavy atom. The smallest absolute Gasteiger partial charge is 0.475 e. The zero-order chi connectivity index (χ0) is 31.8. The molecule has 1 aromatic heterocycles. The standard InChI is InChI=1S/C24H20N4O.2C2HF3O2/c25-13-17-1-4-18-10-20(11-19(18)9-17)26-14-16-2-5-21(6-3-16)29-22-7-8-23-24(12-22)28-15-27-23;2*3-2(4,5)1(6)7/h1-9,12,15,20,26H,10-11,14H2,(H,27,28);2*(H,6,7). The number of nitrogens with zero attached hydrogens (tertiary/aromatic N) is 2. The van der Waals surface area contributed by atoms with Crippen molar-refractivity contribution in [2.24, 2.45) is 0 Å². The molecule has 1 unspecified atom stereocenters. The van der Waals surface area contributed by atoms with Crippen molar-refractivity contribution in [2.45, 2.75) is 37.8 Å². The van der Waals surface area contributed by atoms with Crippen molar-refractivity contribution in [1.29, 1.82) is 5.26 Å². The number of benzene rings is 3. The first-order chi connectivity index (χ1) is 20.2. The fourth-order valence-electron chi connectivity index (χ4n) is 3.88. The van der Waals surface area contributed by atoms with E-state index >= 15 is 0 Å². The number of nitriles is 1. The van der Waals surface area contributed by atoms with E-state index < -0.39 is 24.3 Å². The Bertz CT molecular complexity index is 1590. The summed E-state index contributed by atoms with van der Waals surface area (Å²) in [5.74, 6) is -3.93. The Hall–Kier alpha value is -5.10. The lowest BCUT2D eigenvalue weighted by atomic mass is 10.1. The van der Waals surface area contributed by atoms with Gasteiger partial charge in [0.2, 0.25) is 0 Å². The maximum absolute atomic E-state index is 10.6. The Morgan fingerprint density at radius 1 is 0.907 bits per heavy atom. The highest BCUT2D eigenvalue weighted by atomic mass is 19.4. The number of hydrogen-bond acceptors (Lipinski definition) is 6.